The third-order valence-corrected chi connectivity index (χ3v) is 3.21. The summed E-state index contributed by atoms with van der Waals surface area (Å²) in [4.78, 5) is 0. The largest absolute Gasteiger partial charge is 0.380 e. The van der Waals surface area contributed by atoms with Gasteiger partial charge in [0.15, 0.2) is 0 Å². The van der Waals surface area contributed by atoms with Crippen LogP contribution in [0.15, 0.2) is 60.7 Å². The van der Waals surface area contributed by atoms with Gasteiger partial charge in [0.2, 0.25) is 0 Å². The van der Waals surface area contributed by atoms with Crippen LogP contribution in [-0.2, 0) is 5.60 Å². The number of aliphatic hydroxyl groups is 1. The van der Waals surface area contributed by atoms with Gasteiger partial charge in [0.05, 0.1) is 0 Å². The van der Waals surface area contributed by atoms with Gasteiger partial charge < -0.3 is 5.11 Å². The summed E-state index contributed by atoms with van der Waals surface area (Å²) in [7, 11) is 0. The summed E-state index contributed by atoms with van der Waals surface area (Å²) in [6.45, 7) is 0. The fourth-order valence-corrected chi connectivity index (χ4v) is 2.46. The molecule has 0 atom stereocenters. The molecule has 92 valence electrons. The normalized spacial score (nSPS) is 11.2. The molecule has 0 unspecified atom stereocenters. The maximum absolute atomic E-state index is 11.0. The molecule has 0 bridgehead atoms. The molecule has 0 saturated carbocycles. The van der Waals surface area contributed by atoms with Crippen molar-refractivity contribution in [1.82, 2.24) is 0 Å². The van der Waals surface area contributed by atoms with E-state index >= 15 is 0 Å². The van der Waals surface area contributed by atoms with Gasteiger partial charge in [-0.15, -0.1) is 12.6 Å². The average molecular weight is 274 g/mol. The summed E-state index contributed by atoms with van der Waals surface area (Å²) >= 11 is 9.21. The average Bonchev–Trinajstić information content (AvgIpc) is 2.40. The van der Waals surface area contributed by atoms with Crippen LogP contribution < -0.4 is 0 Å². The minimum Gasteiger partial charge on any atom is -0.380 e. The van der Waals surface area contributed by atoms with E-state index in [9.17, 15) is 5.11 Å². The standard InChI is InChI=1S/C15H14OS2/c16-15(11-14(17)18,12-7-3-1-4-8-12)13-9-5-2-6-10-13/h1-10,16H,11H2,(H,17,18). The number of rotatable bonds is 4. The monoisotopic (exact) mass is 274 g/mol. The SMILES string of the molecule is OC(CC(=S)S)(c1ccccc1)c1ccccc1. The lowest BCUT2D eigenvalue weighted by atomic mass is 9.84. The molecule has 0 aromatic heterocycles. The van der Waals surface area contributed by atoms with Crippen LogP contribution in [0.1, 0.15) is 17.5 Å². The Bertz CT molecular complexity index is 483. The van der Waals surface area contributed by atoms with Crippen LogP contribution in [0.2, 0.25) is 0 Å². The number of hydrogen-bond acceptors (Lipinski definition) is 2. The predicted molar refractivity (Wildman–Crippen MR) is 82.1 cm³/mol. The Morgan fingerprint density at radius 2 is 1.33 bits per heavy atom. The summed E-state index contributed by atoms with van der Waals surface area (Å²) < 4.78 is 0.491. The van der Waals surface area contributed by atoms with Gasteiger partial charge in [-0.05, 0) is 11.1 Å². The molecular formula is C15H14OS2. The van der Waals surface area contributed by atoms with Crippen molar-refractivity contribution in [3.8, 4) is 0 Å². The molecule has 0 saturated heterocycles. The van der Waals surface area contributed by atoms with Crippen LogP contribution in [0.5, 0.6) is 0 Å². The number of thiol groups is 1. The van der Waals surface area contributed by atoms with Crippen LogP contribution in [0.3, 0.4) is 0 Å². The van der Waals surface area contributed by atoms with Crippen molar-refractivity contribution in [3.63, 3.8) is 0 Å². The minimum absolute atomic E-state index is 0.319. The Hall–Kier alpha value is -1.16. The zero-order chi connectivity index (χ0) is 13.0. The fraction of sp³-hybridized carbons (Fsp3) is 0.133. The smallest absolute Gasteiger partial charge is 0.120 e. The van der Waals surface area contributed by atoms with E-state index in [0.29, 0.717) is 10.6 Å². The lowest BCUT2D eigenvalue weighted by Gasteiger charge is -2.29. The van der Waals surface area contributed by atoms with Crippen molar-refractivity contribution in [2.45, 2.75) is 12.0 Å². The molecule has 0 aliphatic carbocycles. The lowest BCUT2D eigenvalue weighted by Crippen LogP contribution is -2.28. The first kappa shape index (κ1) is 13.3. The molecule has 18 heavy (non-hydrogen) atoms. The Balaban J connectivity index is 2.51. The van der Waals surface area contributed by atoms with Crippen LogP contribution in [0.25, 0.3) is 0 Å². The molecule has 3 heteroatoms. The van der Waals surface area contributed by atoms with Gasteiger partial charge in [-0.3, -0.25) is 0 Å². The second-order valence-electron chi connectivity index (χ2n) is 4.16. The highest BCUT2D eigenvalue weighted by Gasteiger charge is 2.31. The molecule has 0 radical (unpaired) electrons. The van der Waals surface area contributed by atoms with Crippen LogP contribution in [-0.4, -0.2) is 9.30 Å². The Labute approximate surface area is 118 Å². The van der Waals surface area contributed by atoms with Crippen LogP contribution in [0, 0.1) is 0 Å². The fourth-order valence-electron chi connectivity index (χ4n) is 2.02. The van der Waals surface area contributed by atoms with Crippen molar-refractivity contribution in [2.24, 2.45) is 0 Å². The first-order valence-electron chi connectivity index (χ1n) is 5.68. The van der Waals surface area contributed by atoms with Gasteiger partial charge in [-0.2, -0.15) is 0 Å². The third kappa shape index (κ3) is 2.80. The Kier molecular flexibility index (Phi) is 4.17. The first-order valence-corrected chi connectivity index (χ1v) is 6.54. The van der Waals surface area contributed by atoms with Gasteiger partial charge in [0, 0.05) is 10.6 Å². The van der Waals surface area contributed by atoms with E-state index in [0.717, 1.165) is 11.1 Å². The Morgan fingerprint density at radius 3 is 1.67 bits per heavy atom. The number of hydrogen-bond donors (Lipinski definition) is 2. The van der Waals surface area contributed by atoms with Crippen molar-refractivity contribution in [2.75, 3.05) is 0 Å². The second-order valence-corrected chi connectivity index (χ2v) is 5.50. The molecule has 2 rings (SSSR count). The molecule has 0 aliphatic rings. The van der Waals surface area contributed by atoms with E-state index in [-0.39, 0.29) is 0 Å². The van der Waals surface area contributed by atoms with E-state index in [1.807, 2.05) is 60.7 Å². The highest BCUT2D eigenvalue weighted by molar-refractivity contribution is 8.11. The predicted octanol–water partition coefficient (Wildman–Crippen LogP) is 3.57. The zero-order valence-electron chi connectivity index (χ0n) is 9.78. The zero-order valence-corrected chi connectivity index (χ0v) is 11.5. The highest BCUT2D eigenvalue weighted by atomic mass is 32.1. The number of benzene rings is 2. The summed E-state index contributed by atoms with van der Waals surface area (Å²) in [6, 6.07) is 19.1. The van der Waals surface area contributed by atoms with Crippen LogP contribution >= 0.6 is 24.8 Å². The molecule has 2 aromatic rings. The van der Waals surface area contributed by atoms with Gasteiger partial charge in [0.25, 0.3) is 0 Å². The summed E-state index contributed by atoms with van der Waals surface area (Å²) in [5.41, 5.74) is 0.543. The van der Waals surface area contributed by atoms with Gasteiger partial charge in [-0.1, -0.05) is 72.9 Å². The molecular weight excluding hydrogens is 260 g/mol. The second kappa shape index (κ2) is 5.65. The molecule has 1 N–H and O–H groups in total. The van der Waals surface area contributed by atoms with Gasteiger partial charge >= 0.3 is 0 Å². The molecule has 2 aromatic carbocycles. The Morgan fingerprint density at radius 1 is 0.944 bits per heavy atom. The molecule has 0 heterocycles. The summed E-state index contributed by atoms with van der Waals surface area (Å²) in [5.74, 6) is 0. The molecule has 1 nitrogen and oxygen atoms in total. The maximum Gasteiger partial charge on any atom is 0.120 e. The quantitative estimate of drug-likeness (QED) is 0.656. The van der Waals surface area contributed by atoms with Crippen molar-refractivity contribution >= 4 is 29.0 Å². The van der Waals surface area contributed by atoms with E-state index in [1.165, 1.54) is 0 Å². The topological polar surface area (TPSA) is 20.2 Å². The van der Waals surface area contributed by atoms with Crippen molar-refractivity contribution < 1.29 is 5.11 Å². The molecule has 0 aliphatic heterocycles. The van der Waals surface area contributed by atoms with E-state index < -0.39 is 5.60 Å². The third-order valence-electron chi connectivity index (χ3n) is 2.91. The minimum atomic E-state index is -1.11. The molecule has 0 fully saturated rings. The lowest BCUT2D eigenvalue weighted by molar-refractivity contribution is 0.0902. The highest BCUT2D eigenvalue weighted by Crippen LogP contribution is 2.33. The molecule has 0 spiro atoms. The van der Waals surface area contributed by atoms with E-state index in [4.69, 9.17) is 12.2 Å². The summed E-state index contributed by atoms with van der Waals surface area (Å²) in [5, 5.41) is 11.0. The maximum atomic E-state index is 11.0. The van der Waals surface area contributed by atoms with Gasteiger partial charge in [-0.25, -0.2) is 0 Å². The van der Waals surface area contributed by atoms with Crippen LogP contribution in [0.4, 0.5) is 0 Å². The first-order chi connectivity index (χ1) is 8.63. The van der Waals surface area contributed by atoms with E-state index in [2.05, 4.69) is 12.6 Å². The number of thiocarbonyl (C=S) groups is 1. The van der Waals surface area contributed by atoms with E-state index in [1.54, 1.807) is 0 Å². The molecule has 0 amide bonds. The summed E-state index contributed by atoms with van der Waals surface area (Å²) in [6.07, 6.45) is 0.319. The van der Waals surface area contributed by atoms with Crippen molar-refractivity contribution in [3.05, 3.63) is 71.8 Å². The van der Waals surface area contributed by atoms with Crippen molar-refractivity contribution in [1.29, 1.82) is 0 Å². The van der Waals surface area contributed by atoms with Gasteiger partial charge in [0.1, 0.15) is 5.60 Å².